The van der Waals surface area contributed by atoms with Crippen molar-refractivity contribution in [2.24, 2.45) is 23.7 Å². The number of aromatic nitrogens is 2. The van der Waals surface area contributed by atoms with Gasteiger partial charge in [0, 0.05) is 18.9 Å². The highest BCUT2D eigenvalue weighted by molar-refractivity contribution is 5.22. The van der Waals surface area contributed by atoms with Gasteiger partial charge in [0.25, 0.3) is 5.89 Å². The molecule has 146 valence electrons. The predicted molar refractivity (Wildman–Crippen MR) is 99.5 cm³/mol. The fourth-order valence-corrected chi connectivity index (χ4v) is 3.80. The molecule has 3 rings (SSSR count). The molecular formula is C21H27FN2O3. The van der Waals surface area contributed by atoms with Crippen molar-refractivity contribution in [3.63, 3.8) is 0 Å². The second-order valence-electron chi connectivity index (χ2n) is 7.63. The molecule has 3 atom stereocenters. The van der Waals surface area contributed by atoms with Crippen LogP contribution in [0.2, 0.25) is 0 Å². The van der Waals surface area contributed by atoms with E-state index in [0.29, 0.717) is 41.7 Å². The van der Waals surface area contributed by atoms with Crippen LogP contribution in [-0.4, -0.2) is 21.9 Å². The average Bonchev–Trinajstić information content (AvgIpc) is 3.10. The Hall–Kier alpha value is -2.21. The monoisotopic (exact) mass is 374 g/mol. The quantitative estimate of drug-likeness (QED) is 0.737. The number of ether oxygens (including phenoxy) is 1. The first-order valence-electron chi connectivity index (χ1n) is 9.45. The van der Waals surface area contributed by atoms with Crippen LogP contribution in [0, 0.1) is 29.5 Å². The van der Waals surface area contributed by atoms with Crippen LogP contribution in [0.3, 0.4) is 0 Å². The molecule has 0 unspecified atom stereocenters. The molecule has 0 radical (unpaired) electrons. The first-order chi connectivity index (χ1) is 13.0. The molecule has 0 fully saturated rings. The summed E-state index contributed by atoms with van der Waals surface area (Å²) in [7, 11) is 0. The second kappa shape index (κ2) is 8.65. The number of nitrogens with zero attached hydrogens (tertiary/aromatic N) is 2. The maximum absolute atomic E-state index is 12.9. The van der Waals surface area contributed by atoms with Crippen LogP contribution < -0.4 is 4.74 Å². The van der Waals surface area contributed by atoms with Crippen LogP contribution in [0.4, 0.5) is 4.39 Å². The van der Waals surface area contributed by atoms with Gasteiger partial charge in [-0.2, -0.15) is 0 Å². The lowest BCUT2D eigenvalue weighted by Crippen LogP contribution is -2.30. The van der Waals surface area contributed by atoms with Crippen LogP contribution in [-0.2, 0) is 13.0 Å². The number of aliphatic hydroxyl groups excluding tert-OH is 1. The molecule has 1 aliphatic carbocycles. The Labute approximate surface area is 159 Å². The Balaban J connectivity index is 1.60. The Morgan fingerprint density at radius 2 is 1.93 bits per heavy atom. The number of allylic oxidation sites excluding steroid dienone is 1. The number of rotatable bonds is 7. The number of halogens is 1. The van der Waals surface area contributed by atoms with Gasteiger partial charge >= 0.3 is 0 Å². The summed E-state index contributed by atoms with van der Waals surface area (Å²) in [6, 6.07) is 5.81. The number of benzene rings is 1. The van der Waals surface area contributed by atoms with Gasteiger partial charge in [0.05, 0.1) is 0 Å². The summed E-state index contributed by atoms with van der Waals surface area (Å²) in [6.45, 7) is 6.86. The summed E-state index contributed by atoms with van der Waals surface area (Å²) >= 11 is 0. The molecule has 0 spiro atoms. The maximum Gasteiger partial charge on any atom is 0.253 e. The third-order valence-corrected chi connectivity index (χ3v) is 5.40. The molecule has 1 heterocycles. The molecule has 0 bridgehead atoms. The minimum absolute atomic E-state index is 0.152. The fraction of sp³-hybridized carbons (Fsp3) is 0.524. The van der Waals surface area contributed by atoms with Gasteiger partial charge < -0.3 is 14.3 Å². The minimum atomic E-state index is -0.304. The van der Waals surface area contributed by atoms with Crippen LogP contribution in [0.5, 0.6) is 5.75 Å². The van der Waals surface area contributed by atoms with Crippen molar-refractivity contribution >= 4 is 0 Å². The van der Waals surface area contributed by atoms with Crippen molar-refractivity contribution < 1.29 is 18.7 Å². The molecule has 0 saturated heterocycles. The first-order valence-corrected chi connectivity index (χ1v) is 9.45. The number of aliphatic hydroxyl groups is 1. The van der Waals surface area contributed by atoms with Crippen LogP contribution in [0.15, 0.2) is 40.3 Å². The summed E-state index contributed by atoms with van der Waals surface area (Å²) in [4.78, 5) is 0. The average molecular weight is 374 g/mol. The topological polar surface area (TPSA) is 68.4 Å². The highest BCUT2D eigenvalue weighted by atomic mass is 19.1. The molecule has 5 nitrogen and oxygen atoms in total. The summed E-state index contributed by atoms with van der Waals surface area (Å²) in [5.41, 5.74) is 1.27. The maximum atomic E-state index is 12.9. The zero-order valence-electron chi connectivity index (χ0n) is 16.1. The van der Waals surface area contributed by atoms with Crippen molar-refractivity contribution in [1.29, 1.82) is 0 Å². The Bertz CT molecular complexity index is 770. The summed E-state index contributed by atoms with van der Waals surface area (Å²) in [5.74, 6) is 2.77. The molecule has 1 aromatic heterocycles. The van der Waals surface area contributed by atoms with Gasteiger partial charge in [-0.15, -0.1) is 10.2 Å². The molecule has 1 aromatic carbocycles. The Morgan fingerprint density at radius 1 is 1.22 bits per heavy atom. The highest BCUT2D eigenvalue weighted by Gasteiger charge is 2.32. The Kier molecular flexibility index (Phi) is 6.26. The van der Waals surface area contributed by atoms with Gasteiger partial charge in [0.2, 0.25) is 5.89 Å². The van der Waals surface area contributed by atoms with Crippen molar-refractivity contribution in [2.75, 3.05) is 6.61 Å². The molecular weight excluding hydrogens is 347 g/mol. The van der Waals surface area contributed by atoms with Crippen LogP contribution in [0.25, 0.3) is 0 Å². The molecule has 6 heteroatoms. The molecule has 2 aromatic rings. The lowest BCUT2D eigenvalue weighted by atomic mass is 9.70. The van der Waals surface area contributed by atoms with E-state index < -0.39 is 0 Å². The largest absolute Gasteiger partial charge is 0.484 e. The first kappa shape index (κ1) is 19.5. The van der Waals surface area contributed by atoms with E-state index in [1.54, 1.807) is 12.1 Å². The van der Waals surface area contributed by atoms with Gasteiger partial charge in [-0.1, -0.05) is 25.5 Å². The van der Waals surface area contributed by atoms with E-state index in [2.05, 4.69) is 37.0 Å². The lowest BCUT2D eigenvalue weighted by Gasteiger charge is -2.36. The third kappa shape index (κ3) is 4.95. The fourth-order valence-electron chi connectivity index (χ4n) is 3.80. The third-order valence-electron chi connectivity index (χ3n) is 5.40. The van der Waals surface area contributed by atoms with Crippen molar-refractivity contribution in [3.05, 3.63) is 53.5 Å². The van der Waals surface area contributed by atoms with Gasteiger partial charge in [-0.25, -0.2) is 4.39 Å². The SMILES string of the molecule is CC1=C[C@@H](CO)[C@H](C(C)C)C[C@H]1Cc1nnc(COc2ccc(F)cc2)o1. The minimum Gasteiger partial charge on any atom is -0.484 e. The van der Waals surface area contributed by atoms with E-state index in [1.807, 2.05) is 0 Å². The van der Waals surface area contributed by atoms with Gasteiger partial charge in [0.1, 0.15) is 11.6 Å². The van der Waals surface area contributed by atoms with Crippen molar-refractivity contribution in [2.45, 2.75) is 40.2 Å². The molecule has 0 aliphatic heterocycles. The van der Waals surface area contributed by atoms with E-state index >= 15 is 0 Å². The van der Waals surface area contributed by atoms with E-state index in [-0.39, 0.29) is 24.9 Å². The predicted octanol–water partition coefficient (Wildman–Crippen LogP) is 4.18. The van der Waals surface area contributed by atoms with Crippen molar-refractivity contribution in [1.82, 2.24) is 10.2 Å². The van der Waals surface area contributed by atoms with Crippen LogP contribution in [0.1, 0.15) is 39.0 Å². The van der Waals surface area contributed by atoms with E-state index in [0.717, 1.165) is 6.42 Å². The van der Waals surface area contributed by atoms with Gasteiger partial charge in [0.15, 0.2) is 6.61 Å². The molecule has 0 saturated carbocycles. The van der Waals surface area contributed by atoms with Gasteiger partial charge in [-0.05, 0) is 55.4 Å². The molecule has 1 aliphatic rings. The molecule has 0 amide bonds. The summed E-state index contributed by atoms with van der Waals surface area (Å²) < 4.78 is 24.2. The Morgan fingerprint density at radius 3 is 2.59 bits per heavy atom. The molecule has 1 N–H and O–H groups in total. The summed E-state index contributed by atoms with van der Waals surface area (Å²) in [5, 5.41) is 17.9. The summed E-state index contributed by atoms with van der Waals surface area (Å²) in [6.07, 6.45) is 3.90. The molecule has 27 heavy (non-hydrogen) atoms. The van der Waals surface area contributed by atoms with E-state index in [1.165, 1.54) is 17.7 Å². The number of hydrogen-bond acceptors (Lipinski definition) is 5. The van der Waals surface area contributed by atoms with E-state index in [4.69, 9.17) is 9.15 Å². The smallest absolute Gasteiger partial charge is 0.253 e. The lowest BCUT2D eigenvalue weighted by molar-refractivity contribution is 0.146. The zero-order chi connectivity index (χ0) is 19.4. The normalized spacial score (nSPS) is 22.7. The van der Waals surface area contributed by atoms with E-state index in [9.17, 15) is 9.50 Å². The highest BCUT2D eigenvalue weighted by Crippen LogP contribution is 2.38. The van der Waals surface area contributed by atoms with Gasteiger partial charge in [-0.3, -0.25) is 0 Å². The second-order valence-corrected chi connectivity index (χ2v) is 7.63. The van der Waals surface area contributed by atoms with Crippen LogP contribution >= 0.6 is 0 Å². The van der Waals surface area contributed by atoms with Crippen molar-refractivity contribution in [3.8, 4) is 5.75 Å². The number of hydrogen-bond donors (Lipinski definition) is 1. The zero-order valence-corrected chi connectivity index (χ0v) is 16.1. The standard InChI is InChI=1S/C21H27FN2O3/c1-13(2)19-9-15(14(3)8-16(19)11-25)10-20-23-24-21(27-20)12-26-18-6-4-17(22)5-7-18/h4-8,13,15-16,19,25H,9-12H2,1-3H3/t15-,16-,19-/m0/s1.